The second-order valence-electron chi connectivity index (χ2n) is 7.06. The van der Waals surface area contributed by atoms with Crippen LogP contribution in [0, 0.1) is 0 Å². The minimum Gasteiger partial charge on any atom is -0.357 e. The van der Waals surface area contributed by atoms with Gasteiger partial charge in [-0.1, -0.05) is 11.6 Å². The van der Waals surface area contributed by atoms with E-state index in [4.69, 9.17) is 11.6 Å². The number of sulfonamides is 1. The first kappa shape index (κ1) is 19.4. The van der Waals surface area contributed by atoms with E-state index in [2.05, 4.69) is 19.7 Å². The standard InChI is InChI=1S/C19H16ClN5O3S2/c20-17-2-1-16-15(23-17)8-18(29-16)30(27,28)24-14-4-6-25(19(14)26)10-12-7-11-9-21-5-3-13(11)22-12/h1-3,5,7-9,14,22,24H,4,6,10H2/t14-/m0/s1. The molecule has 0 aliphatic carbocycles. The number of carbonyl (C=O) groups is 1. The maximum Gasteiger partial charge on any atom is 0.250 e. The Labute approximate surface area is 180 Å². The second-order valence-corrected chi connectivity index (χ2v) is 10.5. The smallest absolute Gasteiger partial charge is 0.250 e. The molecule has 2 N–H and O–H groups in total. The Balaban J connectivity index is 1.31. The van der Waals surface area contributed by atoms with Gasteiger partial charge in [-0.25, -0.2) is 13.4 Å². The highest BCUT2D eigenvalue weighted by Gasteiger charge is 2.35. The minimum absolute atomic E-state index is 0.113. The van der Waals surface area contributed by atoms with Gasteiger partial charge < -0.3 is 9.88 Å². The third kappa shape index (κ3) is 3.56. The number of rotatable bonds is 5. The molecule has 0 saturated carbocycles. The van der Waals surface area contributed by atoms with E-state index in [9.17, 15) is 13.2 Å². The zero-order valence-corrected chi connectivity index (χ0v) is 17.9. The molecule has 1 fully saturated rings. The lowest BCUT2D eigenvalue weighted by molar-refractivity contribution is -0.129. The number of nitrogens with zero attached hydrogens (tertiary/aromatic N) is 3. The summed E-state index contributed by atoms with van der Waals surface area (Å²) in [6.07, 6.45) is 3.87. The van der Waals surface area contributed by atoms with Crippen molar-refractivity contribution in [3.63, 3.8) is 0 Å². The number of aromatic nitrogens is 3. The fourth-order valence-corrected chi connectivity index (χ4v) is 6.30. The molecule has 1 amide bonds. The van der Waals surface area contributed by atoms with Gasteiger partial charge in [0.15, 0.2) is 0 Å². The van der Waals surface area contributed by atoms with Gasteiger partial charge in [0.25, 0.3) is 10.0 Å². The number of H-pyrrole nitrogens is 1. The summed E-state index contributed by atoms with van der Waals surface area (Å²) in [5.74, 6) is -0.238. The number of pyridine rings is 2. The number of thiophene rings is 1. The highest BCUT2D eigenvalue weighted by Crippen LogP contribution is 2.29. The van der Waals surface area contributed by atoms with E-state index >= 15 is 0 Å². The lowest BCUT2D eigenvalue weighted by Gasteiger charge is -2.16. The number of fused-ring (bicyclic) bond motifs is 2. The monoisotopic (exact) mass is 461 g/mol. The van der Waals surface area contributed by atoms with Crippen LogP contribution >= 0.6 is 22.9 Å². The molecule has 1 saturated heterocycles. The number of halogens is 1. The van der Waals surface area contributed by atoms with Crippen LogP contribution in [0.3, 0.4) is 0 Å². The summed E-state index contributed by atoms with van der Waals surface area (Å²) in [6, 6.07) is 7.85. The van der Waals surface area contributed by atoms with E-state index in [1.807, 2.05) is 12.1 Å². The highest BCUT2D eigenvalue weighted by atomic mass is 35.5. The van der Waals surface area contributed by atoms with Crippen LogP contribution < -0.4 is 4.72 Å². The minimum atomic E-state index is -3.85. The van der Waals surface area contributed by atoms with Crippen molar-refractivity contribution >= 4 is 60.0 Å². The van der Waals surface area contributed by atoms with E-state index in [0.717, 1.165) is 27.9 Å². The van der Waals surface area contributed by atoms with Crippen molar-refractivity contribution in [2.45, 2.75) is 23.2 Å². The van der Waals surface area contributed by atoms with Crippen LogP contribution in [-0.2, 0) is 21.4 Å². The van der Waals surface area contributed by atoms with Gasteiger partial charge in [0, 0.05) is 35.5 Å². The van der Waals surface area contributed by atoms with Crippen molar-refractivity contribution in [1.82, 2.24) is 24.6 Å². The number of aromatic amines is 1. The molecule has 4 aromatic rings. The molecule has 0 radical (unpaired) electrons. The average Bonchev–Trinajstić information content (AvgIpc) is 3.40. The zero-order valence-electron chi connectivity index (χ0n) is 15.5. The van der Waals surface area contributed by atoms with Gasteiger partial charge in [0.1, 0.15) is 15.4 Å². The molecule has 0 aromatic carbocycles. The SMILES string of the molecule is O=C1[C@@H](NS(=O)(=O)c2cc3nc(Cl)ccc3s2)CCN1Cc1cc2cnccc2[nH]1. The third-order valence-corrected chi connectivity index (χ3v) is 8.26. The quantitative estimate of drug-likeness (QED) is 0.444. The lowest BCUT2D eigenvalue weighted by atomic mass is 10.3. The van der Waals surface area contributed by atoms with Gasteiger partial charge in [0.05, 0.1) is 16.8 Å². The molecule has 11 heteroatoms. The number of hydrogen-bond acceptors (Lipinski definition) is 6. The lowest BCUT2D eigenvalue weighted by Crippen LogP contribution is -2.41. The largest absolute Gasteiger partial charge is 0.357 e. The number of hydrogen-bond donors (Lipinski definition) is 2. The summed E-state index contributed by atoms with van der Waals surface area (Å²) in [4.78, 5) is 25.9. The van der Waals surface area contributed by atoms with Crippen molar-refractivity contribution in [1.29, 1.82) is 0 Å². The summed E-state index contributed by atoms with van der Waals surface area (Å²) in [6.45, 7) is 0.861. The normalized spacial score (nSPS) is 17.4. The molecule has 5 heterocycles. The van der Waals surface area contributed by atoms with E-state index in [1.165, 1.54) is 6.07 Å². The highest BCUT2D eigenvalue weighted by molar-refractivity contribution is 7.91. The Bertz CT molecular complexity index is 1350. The summed E-state index contributed by atoms with van der Waals surface area (Å²) in [5, 5.41) is 1.27. The molecular weight excluding hydrogens is 446 g/mol. The van der Waals surface area contributed by atoms with Gasteiger partial charge in [-0.3, -0.25) is 9.78 Å². The van der Waals surface area contributed by atoms with E-state index < -0.39 is 16.1 Å². The van der Waals surface area contributed by atoms with Crippen LogP contribution in [0.4, 0.5) is 0 Å². The molecule has 0 spiro atoms. The Morgan fingerprint density at radius 2 is 2.17 bits per heavy atom. The molecular formula is C19H16ClN5O3S2. The number of likely N-dealkylation sites (tertiary alicyclic amines) is 1. The molecule has 154 valence electrons. The van der Waals surface area contributed by atoms with Crippen molar-refractivity contribution < 1.29 is 13.2 Å². The third-order valence-electron chi connectivity index (χ3n) is 5.01. The summed E-state index contributed by atoms with van der Waals surface area (Å²) in [7, 11) is -3.85. The van der Waals surface area contributed by atoms with Gasteiger partial charge in [0.2, 0.25) is 5.91 Å². The molecule has 30 heavy (non-hydrogen) atoms. The number of nitrogens with one attached hydrogen (secondary N) is 2. The van der Waals surface area contributed by atoms with Crippen LogP contribution in [0.5, 0.6) is 0 Å². The molecule has 8 nitrogen and oxygen atoms in total. The molecule has 1 aliphatic rings. The average molecular weight is 462 g/mol. The van der Waals surface area contributed by atoms with Gasteiger partial charge in [-0.15, -0.1) is 11.3 Å². The predicted octanol–water partition coefficient (Wildman–Crippen LogP) is 2.91. The van der Waals surface area contributed by atoms with Crippen LogP contribution in [-0.4, -0.2) is 46.8 Å². The summed E-state index contributed by atoms with van der Waals surface area (Å²) in [5.41, 5.74) is 2.34. The van der Waals surface area contributed by atoms with Crippen molar-refractivity contribution in [3.05, 3.63) is 53.6 Å². The van der Waals surface area contributed by atoms with Crippen LogP contribution in [0.15, 0.2) is 46.9 Å². The maximum absolute atomic E-state index is 12.8. The summed E-state index contributed by atoms with van der Waals surface area (Å²) < 4.78 is 29.0. The van der Waals surface area contributed by atoms with E-state index in [-0.39, 0.29) is 10.1 Å². The molecule has 1 atom stereocenters. The van der Waals surface area contributed by atoms with Crippen LogP contribution in [0.25, 0.3) is 21.1 Å². The Kier molecular flexibility index (Phi) is 4.73. The fourth-order valence-electron chi connectivity index (χ4n) is 3.58. The first-order chi connectivity index (χ1) is 14.4. The second kappa shape index (κ2) is 7.31. The maximum atomic E-state index is 12.8. The van der Waals surface area contributed by atoms with Crippen molar-refractivity contribution in [2.24, 2.45) is 0 Å². The Morgan fingerprint density at radius 3 is 3.00 bits per heavy atom. The predicted molar refractivity (Wildman–Crippen MR) is 115 cm³/mol. The van der Waals surface area contributed by atoms with Gasteiger partial charge >= 0.3 is 0 Å². The van der Waals surface area contributed by atoms with Gasteiger partial charge in [-0.05, 0) is 36.8 Å². The van der Waals surface area contributed by atoms with Crippen molar-refractivity contribution in [3.8, 4) is 0 Å². The molecule has 0 bridgehead atoms. The van der Waals surface area contributed by atoms with Crippen molar-refractivity contribution in [2.75, 3.05) is 6.54 Å². The fraction of sp³-hybridized carbons (Fsp3) is 0.211. The topological polar surface area (TPSA) is 108 Å². The number of amides is 1. The Hall–Kier alpha value is -2.53. The first-order valence-electron chi connectivity index (χ1n) is 9.18. The van der Waals surface area contributed by atoms with Gasteiger partial charge in [-0.2, -0.15) is 4.72 Å². The van der Waals surface area contributed by atoms with E-state index in [0.29, 0.717) is 34.9 Å². The van der Waals surface area contributed by atoms with Crippen LogP contribution in [0.2, 0.25) is 5.15 Å². The van der Waals surface area contributed by atoms with Crippen LogP contribution in [0.1, 0.15) is 12.1 Å². The molecule has 1 aliphatic heterocycles. The summed E-state index contributed by atoms with van der Waals surface area (Å²) >= 11 is 6.98. The number of carbonyl (C=O) groups excluding carboxylic acids is 1. The first-order valence-corrected chi connectivity index (χ1v) is 11.9. The van der Waals surface area contributed by atoms with E-state index in [1.54, 1.807) is 29.4 Å². The molecule has 0 unspecified atom stereocenters. The molecule has 4 aromatic heterocycles. The molecule has 5 rings (SSSR count). The Morgan fingerprint density at radius 1 is 1.30 bits per heavy atom. The zero-order chi connectivity index (χ0) is 20.9.